The molecule has 6 fully saturated rings. The molecule has 2 aromatic carbocycles. The van der Waals surface area contributed by atoms with Crippen LogP contribution in [0.3, 0.4) is 0 Å². The molecule has 4 saturated carbocycles. The summed E-state index contributed by atoms with van der Waals surface area (Å²) in [6, 6.07) is 10.2. The van der Waals surface area contributed by atoms with E-state index in [-0.39, 0.29) is 29.2 Å². The summed E-state index contributed by atoms with van der Waals surface area (Å²) in [6.07, 6.45) is 0.913. The van der Waals surface area contributed by atoms with E-state index in [1.807, 2.05) is 0 Å². The third-order valence-corrected chi connectivity index (χ3v) is 11.1. The van der Waals surface area contributed by atoms with Crippen molar-refractivity contribution in [1.82, 2.24) is 0 Å². The van der Waals surface area contributed by atoms with E-state index in [1.54, 1.807) is 43.5 Å². The number of methoxy groups -OCH3 is 1. The molecular weight excluding hydrogens is 636 g/mol. The monoisotopic (exact) mass is 674 g/mol. The number of ether oxygens (including phenoxy) is 4. The molecule has 4 aliphatic carbocycles. The molecule has 4 bridgehead atoms. The molecule has 13 heteroatoms. The zero-order valence-corrected chi connectivity index (χ0v) is 26.5. The zero-order chi connectivity index (χ0) is 33.1. The molecule has 2 saturated heterocycles. The molecule has 47 heavy (non-hydrogen) atoms. The molecule has 0 radical (unpaired) electrons. The van der Waals surface area contributed by atoms with E-state index < -0.39 is 54.7 Å². The number of halogens is 1. The van der Waals surface area contributed by atoms with Crippen LogP contribution >= 0.6 is 11.6 Å². The lowest BCUT2D eigenvalue weighted by molar-refractivity contribution is -0.645. The molecule has 12 nitrogen and oxygen atoms in total. The Morgan fingerprint density at radius 3 is 2.21 bits per heavy atom. The smallest absolute Gasteiger partial charge is 0.328 e. The van der Waals surface area contributed by atoms with E-state index in [0.29, 0.717) is 34.3 Å². The van der Waals surface area contributed by atoms with Crippen LogP contribution < -0.4 is 9.47 Å². The first-order valence-corrected chi connectivity index (χ1v) is 16.3. The minimum atomic E-state index is -1.56. The van der Waals surface area contributed by atoms with Crippen LogP contribution in [0.25, 0.3) is 6.08 Å². The molecule has 0 amide bonds. The minimum absolute atomic E-state index is 0.0501. The Morgan fingerprint density at radius 1 is 0.957 bits per heavy atom. The van der Waals surface area contributed by atoms with Crippen molar-refractivity contribution in [3.63, 3.8) is 0 Å². The van der Waals surface area contributed by atoms with Crippen molar-refractivity contribution in [1.29, 1.82) is 0 Å². The van der Waals surface area contributed by atoms with Gasteiger partial charge in [-0.3, -0.25) is 0 Å². The Kier molecular flexibility index (Phi) is 8.77. The Balaban J connectivity index is 1.13. The fourth-order valence-electron chi connectivity index (χ4n) is 8.71. The molecule has 2 aromatic rings. The van der Waals surface area contributed by atoms with E-state index in [4.69, 9.17) is 40.3 Å². The highest BCUT2D eigenvalue weighted by Crippen LogP contribution is 2.70. The van der Waals surface area contributed by atoms with Crippen LogP contribution in [0.4, 0.5) is 0 Å². The Morgan fingerprint density at radius 2 is 1.64 bits per heavy atom. The van der Waals surface area contributed by atoms with Crippen LogP contribution in [0, 0.1) is 23.7 Å². The minimum Gasteiger partial charge on any atom is -0.487 e. The zero-order valence-electron chi connectivity index (χ0n) is 25.7. The predicted molar refractivity (Wildman–Crippen MR) is 164 cm³/mol. The number of rotatable bonds is 10. The maximum Gasteiger partial charge on any atom is 0.328 e. The topological polar surface area (TPSA) is 174 Å². The number of aliphatic carboxylic acids is 1. The molecule has 2 heterocycles. The van der Waals surface area contributed by atoms with Gasteiger partial charge in [0.05, 0.1) is 11.6 Å². The van der Waals surface area contributed by atoms with Crippen molar-refractivity contribution in [3.05, 3.63) is 64.2 Å². The number of carboxylic acid groups (broad SMARTS) is 1. The van der Waals surface area contributed by atoms with Crippen LogP contribution in [-0.4, -0.2) is 81.5 Å². The standard InChI is InChI=1S/C34H39ClO12/c1-42-34(33(46-47-34)21-11-18-10-19(13-21)14-22(33)12-18)24-8-4-20(5-9-26(37)38)31(27(24)35)43-16-17-2-6-23(7-3-17)44-32-30(41)29(40)28(39)25(15-36)45-32/h2-9,18-19,21-22,25,28-30,32,36,39-41H,10-16H2,1H3,(H,37,38)/b9-5+/t18?,19?,21?,22?,25?,28-,29+,30?,32-,33?,34?/m1/s1. The molecule has 5 N–H and O–H groups in total. The van der Waals surface area contributed by atoms with Crippen LogP contribution in [0.15, 0.2) is 42.5 Å². The summed E-state index contributed by atoms with van der Waals surface area (Å²) in [7, 11) is 1.60. The number of carbonyl (C=O) groups is 1. The van der Waals surface area contributed by atoms with E-state index in [0.717, 1.165) is 31.8 Å². The van der Waals surface area contributed by atoms with Gasteiger partial charge in [0.25, 0.3) is 5.79 Å². The average molecular weight is 675 g/mol. The predicted octanol–water partition coefficient (Wildman–Crippen LogP) is 3.15. The van der Waals surface area contributed by atoms with Gasteiger partial charge in [0.15, 0.2) is 5.60 Å². The molecule has 2 aliphatic heterocycles. The molecule has 0 aromatic heterocycles. The molecule has 3 unspecified atom stereocenters. The highest BCUT2D eigenvalue weighted by molar-refractivity contribution is 6.33. The average Bonchev–Trinajstić information content (AvgIpc) is 3.04. The van der Waals surface area contributed by atoms with Crippen molar-refractivity contribution in [2.24, 2.45) is 23.7 Å². The SMILES string of the molecule is COC1(c2ccc(/C=C/C(=O)O)c(OCc3ccc(O[C@@H]4OC(CO)[C@@H](O)[C@H](O)C4O)cc3)c2Cl)OOC12C1CC3CC(C1)CC2C3. The lowest BCUT2D eigenvalue weighted by Gasteiger charge is -2.68. The fourth-order valence-corrected chi connectivity index (χ4v) is 9.06. The van der Waals surface area contributed by atoms with Crippen LogP contribution in [0.1, 0.15) is 48.8 Å². The van der Waals surface area contributed by atoms with Crippen molar-refractivity contribution < 1.29 is 59.0 Å². The second-order valence-corrected chi connectivity index (χ2v) is 13.7. The lowest BCUT2D eigenvalue weighted by Crippen LogP contribution is -2.76. The number of hydrogen-bond acceptors (Lipinski definition) is 11. The Labute approximate surface area is 276 Å². The molecule has 6 atom stereocenters. The quantitative estimate of drug-likeness (QED) is 0.184. The first-order chi connectivity index (χ1) is 22.6. The van der Waals surface area contributed by atoms with E-state index in [2.05, 4.69) is 0 Å². The summed E-state index contributed by atoms with van der Waals surface area (Å²) >= 11 is 7.13. The van der Waals surface area contributed by atoms with E-state index in [9.17, 15) is 30.3 Å². The van der Waals surface area contributed by atoms with Crippen LogP contribution in [0.5, 0.6) is 11.5 Å². The van der Waals surface area contributed by atoms with E-state index in [1.165, 1.54) is 12.5 Å². The summed E-state index contributed by atoms with van der Waals surface area (Å²) in [4.78, 5) is 23.4. The van der Waals surface area contributed by atoms with Gasteiger partial charge >= 0.3 is 5.97 Å². The molecular formula is C34H39ClO12. The Bertz CT molecular complexity index is 1480. The number of benzene rings is 2. The van der Waals surface area contributed by atoms with Crippen molar-refractivity contribution in [2.75, 3.05) is 13.7 Å². The van der Waals surface area contributed by atoms with Gasteiger partial charge in [-0.1, -0.05) is 35.9 Å². The molecule has 254 valence electrons. The van der Waals surface area contributed by atoms with Gasteiger partial charge in [-0.2, -0.15) is 4.89 Å². The van der Waals surface area contributed by atoms with Gasteiger partial charge in [-0.25, -0.2) is 9.68 Å². The summed E-state index contributed by atoms with van der Waals surface area (Å²) in [5, 5.41) is 49.3. The second kappa shape index (κ2) is 12.6. The van der Waals surface area contributed by atoms with Gasteiger partial charge in [0, 0.05) is 24.3 Å². The van der Waals surface area contributed by atoms with Crippen LogP contribution in [0.2, 0.25) is 5.02 Å². The maximum atomic E-state index is 11.4. The van der Waals surface area contributed by atoms with Crippen molar-refractivity contribution >= 4 is 23.6 Å². The lowest BCUT2D eigenvalue weighted by atomic mass is 9.47. The van der Waals surface area contributed by atoms with Gasteiger partial charge < -0.3 is 44.5 Å². The summed E-state index contributed by atoms with van der Waals surface area (Å²) in [5.74, 6) is 0.0997. The third kappa shape index (κ3) is 5.34. The number of aliphatic hydroxyl groups excluding tert-OH is 4. The largest absolute Gasteiger partial charge is 0.487 e. The summed E-state index contributed by atoms with van der Waals surface area (Å²) in [6.45, 7) is -0.517. The number of aliphatic hydroxyl groups is 4. The van der Waals surface area contributed by atoms with Gasteiger partial charge in [0.2, 0.25) is 6.29 Å². The van der Waals surface area contributed by atoms with Gasteiger partial charge in [-0.05, 0) is 79.5 Å². The maximum absolute atomic E-state index is 11.4. The number of carboxylic acids is 1. The Hall–Kier alpha value is -2.78. The fraction of sp³-hybridized carbons (Fsp3) is 0.559. The molecule has 1 spiro atoms. The van der Waals surface area contributed by atoms with E-state index >= 15 is 0 Å². The normalized spacial score (nSPS) is 38.9. The van der Waals surface area contributed by atoms with Gasteiger partial charge in [-0.15, -0.1) is 0 Å². The van der Waals surface area contributed by atoms with Crippen molar-refractivity contribution in [3.8, 4) is 11.5 Å². The van der Waals surface area contributed by atoms with Crippen LogP contribution in [-0.2, 0) is 36.4 Å². The van der Waals surface area contributed by atoms with Crippen molar-refractivity contribution in [2.45, 2.75) is 80.8 Å². The molecule has 8 rings (SSSR count). The highest BCUT2D eigenvalue weighted by Gasteiger charge is 2.77. The van der Waals surface area contributed by atoms with Gasteiger partial charge in [0.1, 0.15) is 42.5 Å². The summed E-state index contributed by atoms with van der Waals surface area (Å²) in [5.41, 5.74) is 1.05. The summed E-state index contributed by atoms with van der Waals surface area (Å²) < 4.78 is 23.6. The first-order valence-electron chi connectivity index (χ1n) is 15.9. The number of hydrogen-bond donors (Lipinski definition) is 5. The highest BCUT2D eigenvalue weighted by atomic mass is 35.5. The molecule has 6 aliphatic rings. The first kappa shape index (κ1) is 32.8. The third-order valence-electron chi connectivity index (χ3n) is 10.7. The second-order valence-electron chi connectivity index (χ2n) is 13.3.